The van der Waals surface area contributed by atoms with Crippen LogP contribution in [0.4, 0.5) is 5.69 Å². The second-order valence-corrected chi connectivity index (χ2v) is 7.35. The predicted octanol–water partition coefficient (Wildman–Crippen LogP) is 1.75. The maximum absolute atomic E-state index is 12.9. The molecule has 0 saturated carbocycles. The molecule has 5 N–H and O–H groups in total. The molecule has 1 aliphatic rings. The van der Waals surface area contributed by atoms with Crippen LogP contribution in [0.3, 0.4) is 0 Å². The highest BCUT2D eigenvalue weighted by Crippen LogP contribution is 2.34. The van der Waals surface area contributed by atoms with Gasteiger partial charge >= 0.3 is 0 Å². The summed E-state index contributed by atoms with van der Waals surface area (Å²) < 4.78 is 0. The van der Waals surface area contributed by atoms with E-state index in [9.17, 15) is 9.59 Å². The van der Waals surface area contributed by atoms with Crippen LogP contribution in [0, 0.1) is 0 Å². The molecule has 0 fully saturated rings. The number of amides is 2. The number of carbonyl (C=O) groups excluding carboxylic acids is 2. The lowest BCUT2D eigenvalue weighted by Gasteiger charge is -2.22. The van der Waals surface area contributed by atoms with Crippen LogP contribution in [0.15, 0.2) is 16.6 Å². The molecule has 0 radical (unpaired) electrons. The average Bonchev–Trinajstić information content (AvgIpc) is 2.92. The zero-order valence-corrected chi connectivity index (χ0v) is 16.2. The van der Waals surface area contributed by atoms with Gasteiger partial charge in [-0.2, -0.15) is 0 Å². The van der Waals surface area contributed by atoms with E-state index in [1.165, 1.54) is 11.3 Å². The van der Waals surface area contributed by atoms with E-state index < -0.39 is 0 Å². The lowest BCUT2D eigenvalue weighted by Crippen LogP contribution is -2.34. The van der Waals surface area contributed by atoms with Crippen molar-refractivity contribution in [3.05, 3.63) is 21.4 Å². The van der Waals surface area contributed by atoms with E-state index >= 15 is 0 Å². The van der Waals surface area contributed by atoms with E-state index in [0.29, 0.717) is 24.4 Å². The fraction of sp³-hybridized carbons (Fsp3) is 0.500. The minimum absolute atomic E-state index is 0.0195. The summed E-state index contributed by atoms with van der Waals surface area (Å²) >= 11 is 1.50. The lowest BCUT2D eigenvalue weighted by molar-refractivity contribution is -0.127. The van der Waals surface area contributed by atoms with Crippen molar-refractivity contribution in [1.29, 1.82) is 0 Å². The minimum atomic E-state index is -0.210. The first-order chi connectivity index (χ1) is 12.5. The van der Waals surface area contributed by atoms with E-state index in [4.69, 9.17) is 11.5 Å². The van der Waals surface area contributed by atoms with Gasteiger partial charge in [0.15, 0.2) is 0 Å². The van der Waals surface area contributed by atoms with Crippen LogP contribution in [0.1, 0.15) is 42.9 Å². The Morgan fingerprint density at radius 2 is 2.00 bits per heavy atom. The van der Waals surface area contributed by atoms with E-state index in [1.54, 1.807) is 0 Å². The molecule has 142 valence electrons. The van der Waals surface area contributed by atoms with Crippen molar-refractivity contribution in [2.24, 2.45) is 16.5 Å². The van der Waals surface area contributed by atoms with Gasteiger partial charge in [-0.15, -0.1) is 11.3 Å². The quantitative estimate of drug-likeness (QED) is 0.640. The Morgan fingerprint density at radius 1 is 1.31 bits per heavy atom. The fourth-order valence-corrected chi connectivity index (χ4v) is 3.78. The third kappa shape index (κ3) is 5.15. The van der Waals surface area contributed by atoms with Crippen molar-refractivity contribution in [2.75, 3.05) is 19.6 Å². The molecule has 0 atom stereocenters. The van der Waals surface area contributed by atoms with Gasteiger partial charge < -0.3 is 21.7 Å². The van der Waals surface area contributed by atoms with Gasteiger partial charge in [0.05, 0.1) is 23.7 Å². The minimum Gasteiger partial charge on any atom is -0.387 e. The van der Waals surface area contributed by atoms with Crippen molar-refractivity contribution in [3.63, 3.8) is 0 Å². The summed E-state index contributed by atoms with van der Waals surface area (Å²) in [6.07, 6.45) is 4.07. The Hall–Kier alpha value is -2.19. The summed E-state index contributed by atoms with van der Waals surface area (Å²) in [6, 6.07) is 1.89. The van der Waals surface area contributed by atoms with Crippen molar-refractivity contribution in [2.45, 2.75) is 39.7 Å². The van der Waals surface area contributed by atoms with Crippen LogP contribution in [0.2, 0.25) is 0 Å². The van der Waals surface area contributed by atoms with Gasteiger partial charge in [0.1, 0.15) is 5.84 Å². The number of nitrogens with zero attached hydrogens (tertiary/aromatic N) is 2. The topological polar surface area (TPSA) is 114 Å². The number of fused-ring (bicyclic) bond motifs is 1. The maximum Gasteiger partial charge on any atom is 0.250 e. The molecular formula is C18H27N5O2S. The Bertz CT molecular complexity index is 717. The van der Waals surface area contributed by atoms with E-state index in [-0.39, 0.29) is 18.4 Å². The number of nitrogens with two attached hydrogens (primary N) is 2. The molecule has 1 aliphatic heterocycles. The fourth-order valence-electron chi connectivity index (χ4n) is 2.78. The Kier molecular flexibility index (Phi) is 7.35. The number of hydrogen-bond acceptors (Lipinski definition) is 6. The average molecular weight is 378 g/mol. The Morgan fingerprint density at radius 3 is 2.62 bits per heavy atom. The third-order valence-corrected chi connectivity index (χ3v) is 5.00. The lowest BCUT2D eigenvalue weighted by atomic mass is 10.1. The molecule has 8 heteroatoms. The molecule has 2 heterocycles. The summed E-state index contributed by atoms with van der Waals surface area (Å²) in [6.45, 7) is 5.93. The van der Waals surface area contributed by atoms with Crippen molar-refractivity contribution >= 4 is 40.8 Å². The normalized spacial score (nSPS) is 13.3. The van der Waals surface area contributed by atoms with Crippen molar-refractivity contribution in [3.8, 4) is 0 Å². The highest BCUT2D eigenvalue weighted by Gasteiger charge is 2.22. The van der Waals surface area contributed by atoms with Crippen LogP contribution in [0.25, 0.3) is 6.08 Å². The first kappa shape index (κ1) is 20.1. The number of thiophene rings is 1. The Labute approximate surface area is 158 Å². The molecule has 0 spiro atoms. The highest BCUT2D eigenvalue weighted by molar-refractivity contribution is 7.13. The molecule has 26 heavy (non-hydrogen) atoms. The first-order valence-electron chi connectivity index (χ1n) is 8.90. The van der Waals surface area contributed by atoms with Gasteiger partial charge in [0.25, 0.3) is 0 Å². The summed E-state index contributed by atoms with van der Waals surface area (Å²) in [5.74, 6) is 0.232. The molecule has 0 bridgehead atoms. The molecule has 1 aromatic rings. The summed E-state index contributed by atoms with van der Waals surface area (Å²) in [7, 11) is 0. The van der Waals surface area contributed by atoms with Crippen LogP contribution >= 0.6 is 11.3 Å². The monoisotopic (exact) mass is 377 g/mol. The largest absolute Gasteiger partial charge is 0.387 e. The molecule has 0 unspecified atom stereocenters. The first-order valence-corrected chi connectivity index (χ1v) is 9.72. The van der Waals surface area contributed by atoms with Crippen LogP contribution in [-0.4, -0.2) is 42.2 Å². The number of hydrogen-bond donors (Lipinski definition) is 3. The zero-order valence-electron chi connectivity index (χ0n) is 15.4. The second-order valence-electron chi connectivity index (χ2n) is 6.18. The van der Waals surface area contributed by atoms with Crippen LogP contribution in [-0.2, 0) is 16.1 Å². The van der Waals surface area contributed by atoms with Gasteiger partial charge in [-0.1, -0.05) is 13.8 Å². The maximum atomic E-state index is 12.9. The van der Waals surface area contributed by atoms with E-state index in [0.717, 1.165) is 41.4 Å². The van der Waals surface area contributed by atoms with E-state index in [2.05, 4.69) is 24.2 Å². The van der Waals surface area contributed by atoms with Crippen LogP contribution < -0.4 is 16.8 Å². The Balaban J connectivity index is 2.25. The van der Waals surface area contributed by atoms with E-state index in [1.807, 2.05) is 17.0 Å². The molecule has 0 aromatic carbocycles. The molecular weight excluding hydrogens is 350 g/mol. The van der Waals surface area contributed by atoms with Gasteiger partial charge in [0, 0.05) is 30.0 Å². The SMILES string of the molecule is CCCN(CCC)C(=O)C1=Cc2sc(CNC(=O)CN)cc2N=C(N)C1. The molecule has 7 nitrogen and oxygen atoms in total. The number of aliphatic imine (C=N–C) groups is 1. The molecule has 2 rings (SSSR count). The molecule has 0 saturated heterocycles. The molecule has 1 aromatic heterocycles. The van der Waals surface area contributed by atoms with Crippen molar-refractivity contribution in [1.82, 2.24) is 10.2 Å². The molecule has 2 amide bonds. The number of carbonyl (C=O) groups is 2. The van der Waals surface area contributed by atoms with Gasteiger partial charge in [-0.25, -0.2) is 4.99 Å². The van der Waals surface area contributed by atoms with Gasteiger partial charge in [-0.3, -0.25) is 9.59 Å². The smallest absolute Gasteiger partial charge is 0.250 e. The van der Waals surface area contributed by atoms with Crippen LogP contribution in [0.5, 0.6) is 0 Å². The van der Waals surface area contributed by atoms with Crippen molar-refractivity contribution < 1.29 is 9.59 Å². The van der Waals surface area contributed by atoms with Gasteiger partial charge in [0.2, 0.25) is 11.8 Å². The summed E-state index contributed by atoms with van der Waals surface area (Å²) in [5.41, 5.74) is 12.7. The summed E-state index contributed by atoms with van der Waals surface area (Å²) in [5, 5.41) is 2.74. The standard InChI is InChI=1S/C18H27N5O2S/c1-3-5-23(6-4-2)18(25)12-7-15-14(22-16(20)8-12)9-13(26-15)11-21-17(24)10-19/h7,9H,3-6,8,10-11,19H2,1-2H3,(H2,20,22)(H,21,24). The second kappa shape index (κ2) is 9.49. The zero-order chi connectivity index (χ0) is 19.1. The summed E-state index contributed by atoms with van der Waals surface area (Å²) in [4.78, 5) is 32.4. The predicted molar refractivity (Wildman–Crippen MR) is 106 cm³/mol. The number of rotatable bonds is 8. The third-order valence-electron chi connectivity index (χ3n) is 3.93. The van der Waals surface area contributed by atoms with Gasteiger partial charge in [-0.05, 0) is 25.0 Å². The molecule has 0 aliphatic carbocycles. The number of amidine groups is 1. The highest BCUT2D eigenvalue weighted by atomic mass is 32.1. The number of nitrogens with one attached hydrogen (secondary N) is 1.